The summed E-state index contributed by atoms with van der Waals surface area (Å²) in [5.41, 5.74) is 4.59. The largest absolute Gasteiger partial charge is 0.493 e. The summed E-state index contributed by atoms with van der Waals surface area (Å²) in [5, 5.41) is 13.0. The van der Waals surface area contributed by atoms with Crippen LogP contribution in [-0.4, -0.2) is 42.4 Å². The molecular formula is C19H23ClN2O4. The molecule has 7 heteroatoms. The number of allylic oxidation sites excluding steroid dienone is 2. The van der Waals surface area contributed by atoms with Gasteiger partial charge in [0.2, 0.25) is 0 Å². The second-order valence-corrected chi connectivity index (χ2v) is 6.71. The maximum absolute atomic E-state index is 12.4. The Balaban J connectivity index is 0.00000196. The van der Waals surface area contributed by atoms with Crippen LogP contribution in [0.2, 0.25) is 0 Å². The van der Waals surface area contributed by atoms with Crippen molar-refractivity contribution >= 4 is 23.9 Å². The average Bonchev–Trinajstić information content (AvgIpc) is 2.65. The first-order valence-corrected chi connectivity index (χ1v) is 8.67. The minimum atomic E-state index is 0. The van der Waals surface area contributed by atoms with Crippen molar-refractivity contribution in [3.8, 4) is 11.5 Å². The molecule has 0 radical (unpaired) electrons. The van der Waals surface area contributed by atoms with E-state index in [1.165, 1.54) is 5.56 Å². The van der Waals surface area contributed by atoms with Crippen LogP contribution in [0.5, 0.6) is 11.5 Å². The fourth-order valence-corrected chi connectivity index (χ4v) is 4.39. The third kappa shape index (κ3) is 2.72. The van der Waals surface area contributed by atoms with Crippen molar-refractivity contribution in [1.29, 1.82) is 0 Å². The molecule has 0 amide bonds. The molecule has 1 unspecified atom stereocenters. The highest BCUT2D eigenvalue weighted by Crippen LogP contribution is 2.46. The molecule has 1 aliphatic carbocycles. The van der Waals surface area contributed by atoms with Crippen LogP contribution in [-0.2, 0) is 11.2 Å². The van der Waals surface area contributed by atoms with Gasteiger partial charge in [-0.05, 0) is 42.5 Å². The topological polar surface area (TPSA) is 71.4 Å². The normalized spacial score (nSPS) is 23.0. The Labute approximate surface area is 158 Å². The van der Waals surface area contributed by atoms with Gasteiger partial charge in [-0.25, -0.2) is 0 Å². The van der Waals surface area contributed by atoms with Crippen LogP contribution < -0.4 is 9.47 Å². The number of ether oxygens (including phenoxy) is 2. The molecule has 1 aromatic carbocycles. The average molecular weight is 379 g/mol. The predicted octanol–water partition coefficient (Wildman–Crippen LogP) is 3.27. The lowest BCUT2D eigenvalue weighted by Gasteiger charge is -2.45. The number of ketones is 1. The van der Waals surface area contributed by atoms with Gasteiger partial charge in [0.25, 0.3) is 0 Å². The van der Waals surface area contributed by atoms with Crippen molar-refractivity contribution in [3.05, 3.63) is 34.5 Å². The number of benzene rings is 1. The van der Waals surface area contributed by atoms with Gasteiger partial charge in [0.15, 0.2) is 17.3 Å². The Morgan fingerprint density at radius 2 is 1.88 bits per heavy atom. The van der Waals surface area contributed by atoms with Gasteiger partial charge < -0.3 is 19.6 Å². The molecule has 0 saturated heterocycles. The van der Waals surface area contributed by atoms with Crippen molar-refractivity contribution < 1.29 is 19.5 Å². The lowest BCUT2D eigenvalue weighted by Crippen LogP contribution is -2.43. The van der Waals surface area contributed by atoms with Gasteiger partial charge in [-0.15, -0.1) is 12.4 Å². The summed E-state index contributed by atoms with van der Waals surface area (Å²) in [6, 6.07) is 4.13. The van der Waals surface area contributed by atoms with E-state index in [-0.39, 0.29) is 24.2 Å². The van der Waals surface area contributed by atoms with Crippen LogP contribution >= 0.6 is 12.4 Å². The first-order chi connectivity index (χ1) is 12.2. The van der Waals surface area contributed by atoms with E-state index in [9.17, 15) is 10.0 Å². The molecule has 1 atom stereocenters. The van der Waals surface area contributed by atoms with Crippen LogP contribution in [0.3, 0.4) is 0 Å². The molecule has 2 heterocycles. The number of hydrogen-bond donors (Lipinski definition) is 1. The molecule has 3 aliphatic rings. The van der Waals surface area contributed by atoms with Crippen LogP contribution in [0.1, 0.15) is 42.9 Å². The highest BCUT2D eigenvalue weighted by atomic mass is 35.5. The highest BCUT2D eigenvalue weighted by molar-refractivity contribution is 6.23. The molecule has 6 nitrogen and oxygen atoms in total. The van der Waals surface area contributed by atoms with Gasteiger partial charge in [-0.1, -0.05) is 5.16 Å². The Morgan fingerprint density at radius 3 is 2.58 bits per heavy atom. The first-order valence-electron chi connectivity index (χ1n) is 8.67. The van der Waals surface area contributed by atoms with Gasteiger partial charge in [-0.3, -0.25) is 4.79 Å². The highest BCUT2D eigenvalue weighted by Gasteiger charge is 2.40. The molecule has 0 fully saturated rings. The third-order valence-corrected chi connectivity index (χ3v) is 5.53. The zero-order valence-electron chi connectivity index (χ0n) is 14.9. The Hall–Kier alpha value is -2.21. The van der Waals surface area contributed by atoms with Gasteiger partial charge in [-0.2, -0.15) is 0 Å². The summed E-state index contributed by atoms with van der Waals surface area (Å²) >= 11 is 0. The van der Waals surface area contributed by atoms with Crippen LogP contribution in [0.4, 0.5) is 0 Å². The van der Waals surface area contributed by atoms with Gasteiger partial charge in [0, 0.05) is 25.1 Å². The number of hydrogen-bond acceptors (Lipinski definition) is 6. The standard InChI is InChI=1S/C19H22N2O4.ClH/c1-24-17-8-11-6-7-21-14-4-3-5-16(22)19(14)13(20-23)10-15(21)12(11)9-18(17)25-2;/h8-9,15,23H,3-7,10H2,1-2H3;1H. The molecule has 0 aromatic heterocycles. The molecule has 0 bridgehead atoms. The summed E-state index contributed by atoms with van der Waals surface area (Å²) in [6.07, 6.45) is 3.68. The summed E-state index contributed by atoms with van der Waals surface area (Å²) in [4.78, 5) is 14.7. The predicted molar refractivity (Wildman–Crippen MR) is 99.7 cm³/mol. The van der Waals surface area contributed by atoms with Crippen molar-refractivity contribution in [2.24, 2.45) is 5.16 Å². The van der Waals surface area contributed by atoms with E-state index in [0.29, 0.717) is 29.9 Å². The van der Waals surface area contributed by atoms with Crippen molar-refractivity contribution in [3.63, 3.8) is 0 Å². The van der Waals surface area contributed by atoms with Crippen molar-refractivity contribution in [2.45, 2.75) is 38.1 Å². The summed E-state index contributed by atoms with van der Waals surface area (Å²) in [7, 11) is 3.27. The number of carbonyl (C=O) groups is 1. The lowest BCUT2D eigenvalue weighted by atomic mass is 9.79. The molecule has 2 aliphatic heterocycles. The Bertz CT molecular complexity index is 803. The zero-order valence-corrected chi connectivity index (χ0v) is 15.8. The lowest BCUT2D eigenvalue weighted by molar-refractivity contribution is -0.115. The minimum absolute atomic E-state index is 0. The molecule has 1 N–H and O–H groups in total. The Morgan fingerprint density at radius 1 is 1.15 bits per heavy atom. The molecule has 4 rings (SSSR count). The van der Waals surface area contributed by atoms with Gasteiger partial charge in [0.1, 0.15) is 0 Å². The van der Waals surface area contributed by atoms with E-state index in [1.807, 2.05) is 12.1 Å². The van der Waals surface area contributed by atoms with E-state index in [2.05, 4.69) is 10.1 Å². The third-order valence-electron chi connectivity index (χ3n) is 5.53. The number of Topliss-reactive ketones (excluding diaryl/α,β-unsaturated/α-hetero) is 1. The number of nitrogens with zero attached hydrogens (tertiary/aromatic N) is 2. The van der Waals surface area contributed by atoms with Crippen LogP contribution in [0, 0.1) is 0 Å². The maximum Gasteiger partial charge on any atom is 0.166 e. The second kappa shape index (κ2) is 7.19. The van der Waals surface area contributed by atoms with Gasteiger partial charge >= 0.3 is 0 Å². The molecule has 140 valence electrons. The van der Waals surface area contributed by atoms with Crippen molar-refractivity contribution in [1.82, 2.24) is 4.90 Å². The molecule has 0 saturated carbocycles. The van der Waals surface area contributed by atoms with Gasteiger partial charge in [0.05, 0.1) is 31.5 Å². The monoisotopic (exact) mass is 378 g/mol. The van der Waals surface area contributed by atoms with E-state index in [4.69, 9.17) is 9.47 Å². The molecule has 1 aromatic rings. The first kappa shape index (κ1) is 18.6. The number of carbonyl (C=O) groups excluding carboxylic acids is 1. The number of halogens is 1. The Kier molecular flexibility index (Phi) is 5.14. The summed E-state index contributed by atoms with van der Waals surface area (Å²) in [6.45, 7) is 0.859. The number of fused-ring (bicyclic) bond motifs is 4. The SMILES string of the molecule is COc1cc2c(cc1OC)C1CC(=NO)C3=C(CCCC3=O)N1CC2.Cl. The van der Waals surface area contributed by atoms with E-state index in [1.54, 1.807) is 14.2 Å². The molecule has 0 spiro atoms. The number of oxime groups is 1. The maximum atomic E-state index is 12.4. The van der Waals surface area contributed by atoms with Crippen LogP contribution in [0.15, 0.2) is 28.6 Å². The van der Waals surface area contributed by atoms with Crippen molar-refractivity contribution in [2.75, 3.05) is 20.8 Å². The van der Waals surface area contributed by atoms with E-state index < -0.39 is 0 Å². The zero-order chi connectivity index (χ0) is 17.6. The fraction of sp³-hybridized carbons (Fsp3) is 0.474. The number of methoxy groups -OCH3 is 2. The smallest absolute Gasteiger partial charge is 0.166 e. The summed E-state index contributed by atoms with van der Waals surface area (Å²) in [5.74, 6) is 1.53. The number of rotatable bonds is 2. The van der Waals surface area contributed by atoms with Crippen LogP contribution in [0.25, 0.3) is 0 Å². The summed E-state index contributed by atoms with van der Waals surface area (Å²) < 4.78 is 10.9. The van der Waals surface area contributed by atoms with E-state index >= 15 is 0 Å². The molecule has 26 heavy (non-hydrogen) atoms. The quantitative estimate of drug-likeness (QED) is 0.631. The minimum Gasteiger partial charge on any atom is -0.493 e. The molecular weight excluding hydrogens is 356 g/mol. The fourth-order valence-electron chi connectivity index (χ4n) is 4.39. The van der Waals surface area contributed by atoms with E-state index in [0.717, 1.165) is 42.8 Å². The second-order valence-electron chi connectivity index (χ2n) is 6.71.